The van der Waals surface area contributed by atoms with Gasteiger partial charge in [-0.2, -0.15) is 0 Å². The van der Waals surface area contributed by atoms with Crippen LogP contribution in [0.25, 0.3) is 20.9 Å². The van der Waals surface area contributed by atoms with Crippen molar-refractivity contribution in [2.24, 2.45) is 10.2 Å². The van der Waals surface area contributed by atoms with Crippen LogP contribution >= 0.6 is 11.3 Å². The summed E-state index contributed by atoms with van der Waals surface area (Å²) in [7, 11) is 1.59. The Labute approximate surface area is 142 Å². The highest BCUT2D eigenvalue weighted by molar-refractivity contribution is 7.24. The summed E-state index contributed by atoms with van der Waals surface area (Å²) in [5, 5.41) is 22.5. The van der Waals surface area contributed by atoms with Crippen molar-refractivity contribution in [1.82, 2.24) is 0 Å². The number of hydrogen-bond donors (Lipinski definition) is 1. The minimum atomic E-state index is 0.166. The second-order valence-corrected chi connectivity index (χ2v) is 6.29. The number of nitrogens with zero attached hydrogens (tertiary/aromatic N) is 2. The Kier molecular flexibility index (Phi) is 3.63. The normalized spacial score (nSPS) is 11.5. The highest BCUT2D eigenvalue weighted by atomic mass is 32.1. The average Bonchev–Trinajstić information content (AvgIpc) is 2.96. The maximum absolute atomic E-state index is 10.5. The van der Waals surface area contributed by atoms with Crippen molar-refractivity contribution < 1.29 is 9.84 Å². The number of azo groups is 1. The lowest BCUT2D eigenvalue weighted by atomic mass is 10.1. The first-order valence-corrected chi connectivity index (χ1v) is 8.27. The van der Waals surface area contributed by atoms with E-state index in [2.05, 4.69) is 22.4 Å². The molecule has 4 rings (SSSR count). The van der Waals surface area contributed by atoms with Crippen LogP contribution < -0.4 is 4.74 Å². The molecule has 0 radical (unpaired) electrons. The van der Waals surface area contributed by atoms with Gasteiger partial charge in [0.2, 0.25) is 0 Å². The fraction of sp³-hybridized carbons (Fsp3) is 0.0526. The number of methoxy groups -OCH3 is 1. The Morgan fingerprint density at radius 3 is 2.54 bits per heavy atom. The van der Waals surface area contributed by atoms with Crippen molar-refractivity contribution in [3.05, 3.63) is 60.7 Å². The molecule has 0 atom stereocenters. The summed E-state index contributed by atoms with van der Waals surface area (Å²) >= 11 is 1.43. The molecule has 5 heteroatoms. The van der Waals surface area contributed by atoms with Crippen LogP contribution in [0.1, 0.15) is 0 Å². The van der Waals surface area contributed by atoms with Crippen LogP contribution in [0.2, 0.25) is 0 Å². The first kappa shape index (κ1) is 14.7. The molecule has 0 saturated carbocycles. The summed E-state index contributed by atoms with van der Waals surface area (Å²) in [5.41, 5.74) is 0.627. The predicted octanol–water partition coefficient (Wildman–Crippen LogP) is 6.18. The molecule has 4 nitrogen and oxygen atoms in total. The van der Waals surface area contributed by atoms with Crippen LogP contribution in [-0.2, 0) is 0 Å². The highest BCUT2D eigenvalue weighted by Crippen LogP contribution is 2.46. The Morgan fingerprint density at radius 1 is 0.875 bits per heavy atom. The van der Waals surface area contributed by atoms with Crippen LogP contribution in [0.15, 0.2) is 70.9 Å². The van der Waals surface area contributed by atoms with Crippen LogP contribution in [0.4, 0.5) is 10.7 Å². The van der Waals surface area contributed by atoms with E-state index in [-0.39, 0.29) is 5.75 Å². The van der Waals surface area contributed by atoms with Crippen LogP contribution in [0.3, 0.4) is 0 Å². The fourth-order valence-electron chi connectivity index (χ4n) is 2.68. The van der Waals surface area contributed by atoms with Gasteiger partial charge in [-0.1, -0.05) is 42.5 Å². The quantitative estimate of drug-likeness (QED) is 0.454. The van der Waals surface area contributed by atoms with E-state index in [1.807, 2.05) is 48.5 Å². The summed E-state index contributed by atoms with van der Waals surface area (Å²) in [6, 6.07) is 19.4. The molecule has 0 aliphatic carbocycles. The van der Waals surface area contributed by atoms with Gasteiger partial charge >= 0.3 is 0 Å². The Balaban J connectivity index is 1.84. The number of ether oxygens (including phenoxy) is 1. The van der Waals surface area contributed by atoms with Crippen LogP contribution in [0, 0.1) is 0 Å². The molecule has 0 bridgehead atoms. The average molecular weight is 334 g/mol. The molecule has 0 aliphatic rings. The van der Waals surface area contributed by atoms with Crippen molar-refractivity contribution in [2.75, 3.05) is 7.11 Å². The third-order valence-electron chi connectivity index (χ3n) is 3.87. The van der Waals surface area contributed by atoms with Crippen molar-refractivity contribution >= 4 is 42.9 Å². The zero-order valence-corrected chi connectivity index (χ0v) is 13.7. The van der Waals surface area contributed by atoms with E-state index in [9.17, 15) is 5.11 Å². The summed E-state index contributed by atoms with van der Waals surface area (Å²) in [4.78, 5) is 0. The van der Waals surface area contributed by atoms with Gasteiger partial charge < -0.3 is 9.84 Å². The smallest absolute Gasteiger partial charge is 0.181 e. The molecule has 0 amide bonds. The molecule has 0 aliphatic heterocycles. The van der Waals surface area contributed by atoms with E-state index in [1.54, 1.807) is 7.11 Å². The van der Waals surface area contributed by atoms with Gasteiger partial charge in [0.15, 0.2) is 10.8 Å². The molecule has 0 unspecified atom stereocenters. The van der Waals surface area contributed by atoms with Gasteiger partial charge in [0.05, 0.1) is 7.11 Å². The SMILES string of the molecule is COc1ccccc1N=Nc1sc2c(ccc3ccccc32)c1O. The molecule has 1 heterocycles. The van der Waals surface area contributed by atoms with Gasteiger partial charge in [0.1, 0.15) is 11.4 Å². The van der Waals surface area contributed by atoms with Crippen molar-refractivity contribution in [2.45, 2.75) is 0 Å². The molecular formula is C19H14N2O2S. The number of para-hydroxylation sites is 1. The first-order chi connectivity index (χ1) is 11.8. The zero-order chi connectivity index (χ0) is 16.5. The number of fused-ring (bicyclic) bond motifs is 3. The third-order valence-corrected chi connectivity index (χ3v) is 4.98. The summed E-state index contributed by atoms with van der Waals surface area (Å²) < 4.78 is 6.28. The third kappa shape index (κ3) is 2.39. The largest absolute Gasteiger partial charge is 0.504 e. The number of thiophene rings is 1. The summed E-state index contributed by atoms with van der Waals surface area (Å²) in [6.45, 7) is 0. The lowest BCUT2D eigenvalue weighted by Crippen LogP contribution is -1.81. The monoisotopic (exact) mass is 334 g/mol. The molecule has 0 saturated heterocycles. The molecule has 3 aromatic carbocycles. The van der Waals surface area contributed by atoms with E-state index in [1.165, 1.54) is 11.3 Å². The fourth-order valence-corrected chi connectivity index (χ4v) is 3.73. The molecule has 24 heavy (non-hydrogen) atoms. The second kappa shape index (κ2) is 5.94. The molecule has 1 N–H and O–H groups in total. The zero-order valence-electron chi connectivity index (χ0n) is 12.9. The first-order valence-electron chi connectivity index (χ1n) is 7.46. The van der Waals surface area contributed by atoms with Gasteiger partial charge in [-0.15, -0.1) is 21.6 Å². The van der Waals surface area contributed by atoms with Gasteiger partial charge in [-0.25, -0.2) is 0 Å². The van der Waals surface area contributed by atoms with E-state index in [0.717, 1.165) is 20.9 Å². The van der Waals surface area contributed by atoms with Crippen molar-refractivity contribution in [1.29, 1.82) is 0 Å². The number of rotatable bonds is 3. The van der Waals surface area contributed by atoms with Gasteiger partial charge in [-0.3, -0.25) is 0 Å². The Morgan fingerprint density at radius 2 is 1.67 bits per heavy atom. The second-order valence-electron chi connectivity index (χ2n) is 5.29. The minimum absolute atomic E-state index is 0.166. The van der Waals surface area contributed by atoms with Gasteiger partial charge in [-0.05, 0) is 29.0 Å². The number of benzene rings is 3. The Hall–Kier alpha value is -2.92. The lowest BCUT2D eigenvalue weighted by molar-refractivity contribution is 0.416. The molecule has 118 valence electrons. The van der Waals surface area contributed by atoms with Gasteiger partial charge in [0.25, 0.3) is 0 Å². The van der Waals surface area contributed by atoms with Gasteiger partial charge in [0, 0.05) is 10.1 Å². The highest BCUT2D eigenvalue weighted by Gasteiger charge is 2.13. The maximum atomic E-state index is 10.5. The van der Waals surface area contributed by atoms with Crippen molar-refractivity contribution in [3.63, 3.8) is 0 Å². The van der Waals surface area contributed by atoms with E-state index >= 15 is 0 Å². The molecule has 0 spiro atoms. The summed E-state index contributed by atoms with van der Waals surface area (Å²) in [6.07, 6.45) is 0. The number of hydrogen-bond acceptors (Lipinski definition) is 5. The van der Waals surface area contributed by atoms with E-state index in [0.29, 0.717) is 16.4 Å². The van der Waals surface area contributed by atoms with Crippen molar-refractivity contribution in [3.8, 4) is 11.5 Å². The standard InChI is InChI=1S/C19H14N2O2S/c1-23-16-9-5-4-8-15(16)20-21-19-17(22)14-11-10-12-6-2-3-7-13(12)18(14)24-19/h2-11,22H,1H3. The predicted molar refractivity (Wildman–Crippen MR) is 98.2 cm³/mol. The Bertz CT molecular complexity index is 1070. The molecule has 4 aromatic rings. The van der Waals surface area contributed by atoms with Crippen LogP contribution in [-0.4, -0.2) is 12.2 Å². The molecule has 1 aromatic heterocycles. The van der Waals surface area contributed by atoms with E-state index < -0.39 is 0 Å². The molecular weight excluding hydrogens is 320 g/mol. The number of aromatic hydroxyl groups is 1. The molecule has 0 fully saturated rings. The summed E-state index contributed by atoms with van der Waals surface area (Å²) in [5.74, 6) is 0.812. The topological polar surface area (TPSA) is 54.2 Å². The van der Waals surface area contributed by atoms with E-state index in [4.69, 9.17) is 4.74 Å². The lowest BCUT2D eigenvalue weighted by Gasteiger charge is -2.01. The maximum Gasteiger partial charge on any atom is 0.181 e. The van der Waals surface area contributed by atoms with Crippen LogP contribution in [0.5, 0.6) is 11.5 Å². The minimum Gasteiger partial charge on any atom is -0.504 e.